The third kappa shape index (κ3) is 3.04. The van der Waals surface area contributed by atoms with Gasteiger partial charge >= 0.3 is 5.97 Å². The number of hydrogen-bond donors (Lipinski definition) is 0. The lowest BCUT2D eigenvalue weighted by molar-refractivity contribution is -0.144. The van der Waals surface area contributed by atoms with Gasteiger partial charge in [0.15, 0.2) is 0 Å². The Bertz CT molecular complexity index is 687. The van der Waals surface area contributed by atoms with Crippen molar-refractivity contribution in [2.45, 2.75) is 19.4 Å². The predicted molar refractivity (Wildman–Crippen MR) is 85.1 cm³/mol. The third-order valence-electron chi connectivity index (χ3n) is 3.95. The second-order valence-electron chi connectivity index (χ2n) is 5.54. The molecule has 0 bridgehead atoms. The maximum Gasteiger partial charge on any atom is 0.308 e. The van der Waals surface area contributed by atoms with Gasteiger partial charge in [-0.1, -0.05) is 18.2 Å². The van der Waals surface area contributed by atoms with Crippen LogP contribution in [0.15, 0.2) is 30.3 Å². The van der Waals surface area contributed by atoms with Crippen molar-refractivity contribution in [2.75, 3.05) is 31.7 Å². The first kappa shape index (κ1) is 14.8. The Balaban J connectivity index is 1.83. The van der Waals surface area contributed by atoms with Gasteiger partial charge in [-0.2, -0.15) is 0 Å². The number of morpholine rings is 1. The van der Waals surface area contributed by atoms with E-state index in [1.807, 2.05) is 18.2 Å². The zero-order chi connectivity index (χ0) is 15.5. The van der Waals surface area contributed by atoms with Crippen LogP contribution >= 0.6 is 0 Å². The number of carbonyl (C=O) groups excluding carboxylic acids is 1. The summed E-state index contributed by atoms with van der Waals surface area (Å²) in [5.41, 5.74) is 2.12. The molecule has 1 fully saturated rings. The van der Waals surface area contributed by atoms with Gasteiger partial charge in [0, 0.05) is 18.5 Å². The number of esters is 1. The van der Waals surface area contributed by atoms with Crippen molar-refractivity contribution in [1.82, 2.24) is 4.98 Å². The number of ether oxygens (including phenoxy) is 2. The summed E-state index contributed by atoms with van der Waals surface area (Å²) >= 11 is 0. The van der Waals surface area contributed by atoms with E-state index in [2.05, 4.69) is 24.0 Å². The van der Waals surface area contributed by atoms with Crippen LogP contribution in [-0.2, 0) is 14.3 Å². The molecule has 0 N–H and O–H groups in total. The maximum absolute atomic E-state index is 11.4. The lowest BCUT2D eigenvalue weighted by Crippen LogP contribution is -2.44. The normalized spacial score (nSPS) is 18.5. The molecule has 0 saturated carbocycles. The molecule has 22 heavy (non-hydrogen) atoms. The van der Waals surface area contributed by atoms with Crippen molar-refractivity contribution in [3.05, 3.63) is 35.9 Å². The van der Waals surface area contributed by atoms with Gasteiger partial charge in [-0.25, -0.2) is 4.98 Å². The van der Waals surface area contributed by atoms with Gasteiger partial charge in [0.05, 0.1) is 31.8 Å². The minimum Gasteiger partial charge on any atom is -0.469 e. The van der Waals surface area contributed by atoms with Crippen LogP contribution in [0.1, 0.15) is 12.0 Å². The Labute approximate surface area is 129 Å². The number of carbonyl (C=O) groups is 1. The second kappa shape index (κ2) is 6.32. The number of para-hydroxylation sites is 1. The summed E-state index contributed by atoms with van der Waals surface area (Å²) in [5, 5.41) is 1.14. The Kier molecular flexibility index (Phi) is 4.24. The fourth-order valence-corrected chi connectivity index (χ4v) is 2.84. The van der Waals surface area contributed by atoms with Crippen LogP contribution in [0.25, 0.3) is 10.9 Å². The average molecular weight is 300 g/mol. The van der Waals surface area contributed by atoms with Crippen LogP contribution in [0.3, 0.4) is 0 Å². The zero-order valence-electron chi connectivity index (χ0n) is 12.9. The minimum atomic E-state index is -0.241. The van der Waals surface area contributed by atoms with E-state index >= 15 is 0 Å². The van der Waals surface area contributed by atoms with Crippen LogP contribution in [-0.4, -0.2) is 43.9 Å². The second-order valence-corrected chi connectivity index (χ2v) is 5.54. The molecule has 0 amide bonds. The van der Waals surface area contributed by atoms with Gasteiger partial charge in [-0.3, -0.25) is 4.79 Å². The molecule has 1 aromatic heterocycles. The first-order chi connectivity index (χ1) is 10.7. The van der Waals surface area contributed by atoms with Crippen molar-refractivity contribution >= 4 is 22.7 Å². The van der Waals surface area contributed by atoms with E-state index in [1.54, 1.807) is 0 Å². The molecule has 2 heterocycles. The number of pyridine rings is 1. The summed E-state index contributed by atoms with van der Waals surface area (Å²) in [7, 11) is 1.40. The van der Waals surface area contributed by atoms with Gasteiger partial charge in [0.2, 0.25) is 0 Å². The highest BCUT2D eigenvalue weighted by molar-refractivity contribution is 5.81. The summed E-state index contributed by atoms with van der Waals surface area (Å²) in [4.78, 5) is 18.4. The van der Waals surface area contributed by atoms with Gasteiger partial charge in [0.25, 0.3) is 0 Å². The first-order valence-corrected chi connectivity index (χ1v) is 7.47. The highest BCUT2D eigenvalue weighted by Gasteiger charge is 2.25. The Morgan fingerprint density at radius 3 is 3.09 bits per heavy atom. The number of rotatable bonds is 3. The zero-order valence-corrected chi connectivity index (χ0v) is 12.9. The summed E-state index contributed by atoms with van der Waals surface area (Å²) < 4.78 is 10.4. The molecule has 0 radical (unpaired) electrons. The number of nitrogens with zero attached hydrogens (tertiary/aromatic N) is 2. The van der Waals surface area contributed by atoms with Gasteiger partial charge in [0.1, 0.15) is 5.82 Å². The first-order valence-electron chi connectivity index (χ1n) is 7.47. The lowest BCUT2D eigenvalue weighted by Gasteiger charge is -2.34. The van der Waals surface area contributed by atoms with Crippen molar-refractivity contribution in [3.63, 3.8) is 0 Å². The highest BCUT2D eigenvalue weighted by atomic mass is 16.5. The number of hydrogen-bond acceptors (Lipinski definition) is 5. The summed E-state index contributed by atoms with van der Waals surface area (Å²) in [6.45, 7) is 4.10. The van der Waals surface area contributed by atoms with Gasteiger partial charge < -0.3 is 14.4 Å². The molecule has 1 aromatic carbocycles. The van der Waals surface area contributed by atoms with Gasteiger partial charge in [-0.15, -0.1) is 0 Å². The molecule has 116 valence electrons. The van der Waals surface area contributed by atoms with E-state index < -0.39 is 0 Å². The molecule has 1 saturated heterocycles. The largest absolute Gasteiger partial charge is 0.469 e. The van der Waals surface area contributed by atoms with Crippen molar-refractivity contribution in [1.29, 1.82) is 0 Å². The Hall–Kier alpha value is -2.14. The summed E-state index contributed by atoms with van der Waals surface area (Å²) in [6, 6.07) is 10.3. The quantitative estimate of drug-likeness (QED) is 0.814. The topological polar surface area (TPSA) is 51.7 Å². The highest BCUT2D eigenvalue weighted by Crippen LogP contribution is 2.25. The number of benzene rings is 1. The number of methoxy groups -OCH3 is 1. The van der Waals surface area contributed by atoms with E-state index in [0.29, 0.717) is 13.2 Å². The van der Waals surface area contributed by atoms with E-state index in [4.69, 9.17) is 14.5 Å². The molecule has 5 heteroatoms. The molecular weight excluding hydrogens is 280 g/mol. The monoisotopic (exact) mass is 300 g/mol. The molecule has 1 unspecified atom stereocenters. The third-order valence-corrected chi connectivity index (χ3v) is 3.95. The minimum absolute atomic E-state index is 0.145. The molecule has 1 aliphatic heterocycles. The van der Waals surface area contributed by atoms with E-state index in [-0.39, 0.29) is 18.5 Å². The number of anilines is 1. The van der Waals surface area contributed by atoms with E-state index in [9.17, 15) is 4.79 Å². The Morgan fingerprint density at radius 1 is 1.45 bits per heavy atom. The van der Waals surface area contributed by atoms with Crippen molar-refractivity contribution in [3.8, 4) is 0 Å². The molecule has 0 spiro atoms. The predicted octanol–water partition coefficient (Wildman–Crippen LogP) is 2.31. The number of aromatic nitrogens is 1. The van der Waals surface area contributed by atoms with Crippen LogP contribution in [0, 0.1) is 6.92 Å². The summed E-state index contributed by atoms with van der Waals surface area (Å²) in [5.74, 6) is 0.729. The van der Waals surface area contributed by atoms with Crippen molar-refractivity contribution in [2.24, 2.45) is 0 Å². The van der Waals surface area contributed by atoms with Crippen LogP contribution in [0.4, 0.5) is 5.82 Å². The molecule has 3 rings (SSSR count). The maximum atomic E-state index is 11.4. The molecule has 5 nitrogen and oxygen atoms in total. The van der Waals surface area contributed by atoms with E-state index in [1.165, 1.54) is 7.11 Å². The summed E-state index contributed by atoms with van der Waals surface area (Å²) in [6.07, 6.45) is 0.133. The molecule has 0 aliphatic carbocycles. The molecule has 2 aromatic rings. The number of aryl methyl sites for hydroxylation is 1. The lowest BCUT2D eigenvalue weighted by atomic mass is 10.1. The fraction of sp³-hybridized carbons (Fsp3) is 0.412. The molecule has 1 atom stereocenters. The average Bonchev–Trinajstić information content (AvgIpc) is 2.54. The van der Waals surface area contributed by atoms with Gasteiger partial charge in [-0.05, 0) is 24.6 Å². The molecular formula is C17H20N2O3. The smallest absolute Gasteiger partial charge is 0.308 e. The SMILES string of the molecule is COC(=O)CC1CN(c2nc3ccccc3cc2C)CCO1. The van der Waals surface area contributed by atoms with Crippen LogP contribution in [0.5, 0.6) is 0 Å². The molecule has 1 aliphatic rings. The standard InChI is InChI=1S/C17H20N2O3/c1-12-9-13-5-3-4-6-15(13)18-17(12)19-7-8-22-14(11-19)10-16(20)21-2/h3-6,9,14H,7-8,10-11H2,1-2H3. The van der Waals surface area contributed by atoms with Crippen LogP contribution in [0.2, 0.25) is 0 Å². The number of fused-ring (bicyclic) bond motifs is 1. The van der Waals surface area contributed by atoms with Crippen molar-refractivity contribution < 1.29 is 14.3 Å². The fourth-order valence-electron chi connectivity index (χ4n) is 2.84. The van der Waals surface area contributed by atoms with E-state index in [0.717, 1.165) is 28.8 Å². The Morgan fingerprint density at radius 2 is 2.27 bits per heavy atom. The van der Waals surface area contributed by atoms with Crippen LogP contribution < -0.4 is 4.90 Å².